The Hall–Kier alpha value is -0.380. The van der Waals surface area contributed by atoms with Crippen molar-refractivity contribution in [1.29, 1.82) is 0 Å². The van der Waals surface area contributed by atoms with Gasteiger partial charge in [0.25, 0.3) is 7.59 Å². The van der Waals surface area contributed by atoms with E-state index in [2.05, 4.69) is 0 Å². The van der Waals surface area contributed by atoms with Crippen LogP contribution >= 0.6 is 19.2 Å². The molecular weight excluding hydrogens is 233 g/mol. The fourth-order valence-electron chi connectivity index (χ4n) is 1.24. The van der Waals surface area contributed by atoms with E-state index in [0.717, 1.165) is 5.56 Å². The van der Waals surface area contributed by atoms with Gasteiger partial charge in [-0.3, -0.25) is 15.6 Å². The summed E-state index contributed by atoms with van der Waals surface area (Å²) in [5, 5.41) is 0. The Morgan fingerprint density at radius 1 is 1.27 bits per heavy atom. The van der Waals surface area contributed by atoms with E-state index in [1.54, 1.807) is 0 Å². The van der Waals surface area contributed by atoms with Crippen LogP contribution in [0.25, 0.3) is 0 Å². The number of alkyl halides is 1. The lowest BCUT2D eigenvalue weighted by atomic mass is 10.2. The molecule has 6 heteroatoms. The van der Waals surface area contributed by atoms with Crippen molar-refractivity contribution in [2.24, 2.45) is 11.0 Å². The van der Waals surface area contributed by atoms with Crippen LogP contribution in [-0.2, 0) is 11.1 Å². The molecule has 0 aliphatic carbocycles. The fourth-order valence-corrected chi connectivity index (χ4v) is 2.36. The van der Waals surface area contributed by atoms with Gasteiger partial charge in [-0.15, -0.1) is 11.6 Å². The summed E-state index contributed by atoms with van der Waals surface area (Å²) < 4.78 is 13.0. The van der Waals surface area contributed by atoms with Crippen LogP contribution in [0.3, 0.4) is 0 Å². The predicted molar refractivity (Wildman–Crippen MR) is 63.6 cm³/mol. The Morgan fingerprint density at radius 3 is 2.33 bits per heavy atom. The second-order valence-corrected chi connectivity index (χ2v) is 5.52. The van der Waals surface area contributed by atoms with Crippen molar-refractivity contribution in [2.45, 2.75) is 6.54 Å². The van der Waals surface area contributed by atoms with E-state index in [1.807, 2.05) is 30.3 Å². The average Bonchev–Trinajstić information content (AvgIpc) is 2.17. The smallest absolute Gasteiger partial charge is 0.271 e. The molecule has 4 N–H and O–H groups in total. The summed E-state index contributed by atoms with van der Waals surface area (Å²) in [6.45, 7) is 0.874. The van der Waals surface area contributed by atoms with Crippen molar-refractivity contribution in [2.75, 3.05) is 12.4 Å². The Labute approximate surface area is 94.7 Å². The zero-order valence-corrected chi connectivity index (χ0v) is 9.99. The summed E-state index contributed by atoms with van der Waals surface area (Å²) >= 11 is 5.59. The molecule has 0 fully saturated rings. The van der Waals surface area contributed by atoms with Crippen LogP contribution in [-0.4, -0.2) is 17.1 Å². The molecule has 0 aliphatic heterocycles. The van der Waals surface area contributed by atoms with Gasteiger partial charge in [0.05, 0.1) is 0 Å². The second kappa shape index (κ2) is 5.64. The lowest BCUT2D eigenvalue weighted by Crippen LogP contribution is -2.30. The SMILES string of the molecule is NP(N)(=O)N(CCCl)Cc1ccccc1. The minimum atomic E-state index is -3.21. The molecule has 0 spiro atoms. The van der Waals surface area contributed by atoms with E-state index in [9.17, 15) is 4.57 Å². The van der Waals surface area contributed by atoms with Crippen molar-refractivity contribution in [1.82, 2.24) is 4.67 Å². The summed E-state index contributed by atoms with van der Waals surface area (Å²) in [5.41, 5.74) is 11.8. The van der Waals surface area contributed by atoms with Gasteiger partial charge in [0.2, 0.25) is 0 Å². The molecule has 0 amide bonds. The van der Waals surface area contributed by atoms with Crippen molar-refractivity contribution in [3.63, 3.8) is 0 Å². The molecule has 0 saturated carbocycles. The number of nitrogens with zero attached hydrogens (tertiary/aromatic N) is 1. The molecule has 0 atom stereocenters. The summed E-state index contributed by atoms with van der Waals surface area (Å²) in [5.74, 6) is 0.352. The zero-order valence-electron chi connectivity index (χ0n) is 8.34. The molecule has 4 nitrogen and oxygen atoms in total. The van der Waals surface area contributed by atoms with Gasteiger partial charge in [-0.25, -0.2) is 4.67 Å². The maximum absolute atomic E-state index is 11.5. The normalized spacial score (nSPS) is 12.0. The average molecular weight is 248 g/mol. The van der Waals surface area contributed by atoms with Crippen molar-refractivity contribution in [3.05, 3.63) is 35.9 Å². The van der Waals surface area contributed by atoms with Gasteiger partial charge >= 0.3 is 0 Å². The Balaban J connectivity index is 2.72. The topological polar surface area (TPSA) is 72.3 Å². The molecule has 0 saturated heterocycles. The maximum Gasteiger partial charge on any atom is 0.276 e. The lowest BCUT2D eigenvalue weighted by Gasteiger charge is -2.24. The third-order valence-corrected chi connectivity index (χ3v) is 3.39. The van der Waals surface area contributed by atoms with Gasteiger partial charge in [-0.05, 0) is 5.56 Å². The van der Waals surface area contributed by atoms with Crippen LogP contribution < -0.4 is 11.0 Å². The molecule has 0 bridgehead atoms. The fraction of sp³-hybridized carbons (Fsp3) is 0.333. The van der Waals surface area contributed by atoms with E-state index in [-0.39, 0.29) is 0 Å². The highest BCUT2D eigenvalue weighted by atomic mass is 35.5. The van der Waals surface area contributed by atoms with E-state index in [1.165, 1.54) is 4.67 Å². The molecule has 0 aromatic heterocycles. The van der Waals surface area contributed by atoms with Crippen LogP contribution in [0.15, 0.2) is 30.3 Å². The molecule has 0 radical (unpaired) electrons. The number of hydrogen-bond donors (Lipinski definition) is 2. The highest BCUT2D eigenvalue weighted by Crippen LogP contribution is 2.32. The maximum atomic E-state index is 11.5. The number of halogens is 1. The second-order valence-electron chi connectivity index (χ2n) is 3.24. The monoisotopic (exact) mass is 247 g/mol. The summed E-state index contributed by atoms with van der Waals surface area (Å²) in [6.07, 6.45) is 0. The molecule has 0 heterocycles. The van der Waals surface area contributed by atoms with Gasteiger partial charge in [-0.2, -0.15) is 0 Å². The van der Waals surface area contributed by atoms with Crippen LogP contribution in [0.1, 0.15) is 5.56 Å². The van der Waals surface area contributed by atoms with Crippen molar-refractivity contribution >= 4 is 19.2 Å². The van der Waals surface area contributed by atoms with Crippen LogP contribution in [0.5, 0.6) is 0 Å². The van der Waals surface area contributed by atoms with Gasteiger partial charge in [0, 0.05) is 19.0 Å². The van der Waals surface area contributed by atoms with Crippen LogP contribution in [0.2, 0.25) is 0 Å². The molecule has 1 aromatic rings. The molecule has 1 aromatic carbocycles. The quantitative estimate of drug-likeness (QED) is 0.614. The number of hydrogen-bond acceptors (Lipinski definition) is 1. The number of rotatable bonds is 5. The summed E-state index contributed by atoms with van der Waals surface area (Å²) in [7, 11) is -3.21. The van der Waals surface area contributed by atoms with Crippen molar-refractivity contribution in [3.8, 4) is 0 Å². The van der Waals surface area contributed by atoms with Gasteiger partial charge < -0.3 is 0 Å². The van der Waals surface area contributed by atoms with E-state index < -0.39 is 7.59 Å². The standard InChI is InChI=1S/C9H15ClN3OP/c10-6-7-13(15(11,12)14)8-9-4-2-1-3-5-9/h1-5H,6-8H2,(H4,11,12,14). The van der Waals surface area contributed by atoms with Crippen molar-refractivity contribution < 1.29 is 4.57 Å². The third-order valence-electron chi connectivity index (χ3n) is 1.99. The number of nitrogens with two attached hydrogens (primary N) is 2. The highest BCUT2D eigenvalue weighted by molar-refractivity contribution is 7.56. The van der Waals surface area contributed by atoms with E-state index >= 15 is 0 Å². The number of benzene rings is 1. The predicted octanol–water partition coefficient (Wildman–Crippen LogP) is 1.75. The molecule has 0 unspecified atom stereocenters. The van der Waals surface area contributed by atoms with Gasteiger partial charge in [0.15, 0.2) is 0 Å². The Morgan fingerprint density at radius 2 is 1.87 bits per heavy atom. The highest BCUT2D eigenvalue weighted by Gasteiger charge is 2.20. The largest absolute Gasteiger partial charge is 0.276 e. The van der Waals surface area contributed by atoms with Crippen LogP contribution in [0.4, 0.5) is 0 Å². The summed E-state index contributed by atoms with van der Waals surface area (Å²) in [6, 6.07) is 9.59. The molecule has 1 rings (SSSR count). The van der Waals surface area contributed by atoms with E-state index in [4.69, 9.17) is 22.6 Å². The third kappa shape index (κ3) is 4.33. The molecule has 15 heavy (non-hydrogen) atoms. The molecular formula is C9H15ClN3OP. The Bertz CT molecular complexity index is 340. The molecule has 0 aliphatic rings. The summed E-state index contributed by atoms with van der Waals surface area (Å²) in [4.78, 5) is 0. The minimum Gasteiger partial charge on any atom is -0.271 e. The first kappa shape index (κ1) is 12.7. The zero-order chi connectivity index (χ0) is 11.3. The molecule has 84 valence electrons. The van der Waals surface area contributed by atoms with E-state index in [0.29, 0.717) is 19.0 Å². The van der Waals surface area contributed by atoms with Gasteiger partial charge in [-0.1, -0.05) is 30.3 Å². The first-order valence-electron chi connectivity index (χ1n) is 4.56. The van der Waals surface area contributed by atoms with Crippen LogP contribution in [0, 0.1) is 0 Å². The Kier molecular flexibility index (Phi) is 4.77. The lowest BCUT2D eigenvalue weighted by molar-refractivity contribution is 0.424. The minimum absolute atomic E-state index is 0.352. The first-order valence-corrected chi connectivity index (χ1v) is 6.90. The first-order chi connectivity index (χ1) is 7.04. The van der Waals surface area contributed by atoms with Gasteiger partial charge in [0.1, 0.15) is 0 Å².